The summed E-state index contributed by atoms with van der Waals surface area (Å²) in [6.07, 6.45) is 1.56. The zero-order chi connectivity index (χ0) is 16.7. The van der Waals surface area contributed by atoms with Gasteiger partial charge in [-0.25, -0.2) is 4.79 Å². The van der Waals surface area contributed by atoms with E-state index in [4.69, 9.17) is 4.74 Å². The number of rotatable bonds is 2. The van der Waals surface area contributed by atoms with Gasteiger partial charge in [0.25, 0.3) is 5.56 Å². The molecule has 0 radical (unpaired) electrons. The van der Waals surface area contributed by atoms with Crippen LogP contribution < -0.4 is 5.56 Å². The molecular formula is C17H17N3O3. The Morgan fingerprint density at radius 2 is 2.00 bits per heavy atom. The van der Waals surface area contributed by atoms with Crippen LogP contribution in [0, 0.1) is 13.8 Å². The zero-order valence-corrected chi connectivity index (χ0v) is 13.4. The van der Waals surface area contributed by atoms with Crippen LogP contribution >= 0.6 is 0 Å². The monoisotopic (exact) mass is 311 g/mol. The van der Waals surface area contributed by atoms with Gasteiger partial charge in [0.15, 0.2) is 0 Å². The third kappa shape index (κ3) is 2.23. The van der Waals surface area contributed by atoms with Crippen molar-refractivity contribution in [2.24, 2.45) is 7.05 Å². The Morgan fingerprint density at radius 1 is 1.26 bits per heavy atom. The van der Waals surface area contributed by atoms with Crippen molar-refractivity contribution in [3.8, 4) is 11.1 Å². The number of benzene rings is 1. The maximum Gasteiger partial charge on any atom is 0.355 e. The standard InChI is InChI=1S/C17H17N3O3/c1-9-5-6-11(7-10(9)2)13-12-8-18-19-14(12)16(21)20(3)15(13)17(22)23-4/h5-8H,1-4H3,(H,18,19). The number of aromatic nitrogens is 3. The number of nitrogens with one attached hydrogen (secondary N) is 1. The highest BCUT2D eigenvalue weighted by molar-refractivity contribution is 6.05. The average molecular weight is 311 g/mol. The first-order chi connectivity index (χ1) is 11.0. The fraction of sp³-hybridized carbons (Fsp3) is 0.235. The molecule has 3 rings (SSSR count). The molecule has 2 aromatic heterocycles. The molecule has 0 fully saturated rings. The molecule has 0 aliphatic rings. The molecule has 3 aromatic rings. The number of carbonyl (C=O) groups excluding carboxylic acids is 1. The predicted octanol–water partition coefficient (Wildman–Crippen LogP) is 2.33. The van der Waals surface area contributed by atoms with E-state index in [0.717, 1.165) is 16.7 Å². The Bertz CT molecular complexity index is 983. The second-order valence-electron chi connectivity index (χ2n) is 5.54. The van der Waals surface area contributed by atoms with Gasteiger partial charge in [0.2, 0.25) is 0 Å². The van der Waals surface area contributed by atoms with Gasteiger partial charge in [-0.3, -0.25) is 9.89 Å². The molecule has 0 bridgehead atoms. The van der Waals surface area contributed by atoms with Gasteiger partial charge in [0.1, 0.15) is 11.2 Å². The molecule has 0 aliphatic heterocycles. The van der Waals surface area contributed by atoms with Crippen LogP contribution in [0.5, 0.6) is 0 Å². The highest BCUT2D eigenvalue weighted by Gasteiger charge is 2.23. The smallest absolute Gasteiger partial charge is 0.355 e. The summed E-state index contributed by atoms with van der Waals surface area (Å²) in [5, 5.41) is 7.29. The number of aromatic amines is 1. The van der Waals surface area contributed by atoms with Gasteiger partial charge < -0.3 is 9.30 Å². The second kappa shape index (κ2) is 5.39. The van der Waals surface area contributed by atoms with Crippen LogP contribution in [0.4, 0.5) is 0 Å². The van der Waals surface area contributed by atoms with Gasteiger partial charge in [-0.15, -0.1) is 0 Å². The van der Waals surface area contributed by atoms with Crippen molar-refractivity contribution < 1.29 is 9.53 Å². The fourth-order valence-electron chi connectivity index (χ4n) is 2.73. The number of hydrogen-bond donors (Lipinski definition) is 1. The minimum absolute atomic E-state index is 0.217. The van der Waals surface area contributed by atoms with Gasteiger partial charge in [0, 0.05) is 18.0 Å². The minimum Gasteiger partial charge on any atom is -0.464 e. The van der Waals surface area contributed by atoms with Crippen LogP contribution in [-0.2, 0) is 11.8 Å². The van der Waals surface area contributed by atoms with E-state index in [9.17, 15) is 9.59 Å². The molecule has 0 amide bonds. The molecule has 1 aromatic carbocycles. The molecule has 0 unspecified atom stereocenters. The van der Waals surface area contributed by atoms with Gasteiger partial charge in [-0.05, 0) is 30.5 Å². The molecule has 1 N–H and O–H groups in total. The SMILES string of the molecule is COC(=O)c1c(-c2ccc(C)c(C)c2)c2cn[nH]c2c(=O)n1C. The summed E-state index contributed by atoms with van der Waals surface area (Å²) < 4.78 is 6.19. The van der Waals surface area contributed by atoms with Crippen molar-refractivity contribution in [1.82, 2.24) is 14.8 Å². The molecule has 2 heterocycles. The lowest BCUT2D eigenvalue weighted by Crippen LogP contribution is -2.25. The molecule has 23 heavy (non-hydrogen) atoms. The molecule has 118 valence electrons. The number of nitrogens with zero attached hydrogens (tertiary/aromatic N) is 2. The van der Waals surface area contributed by atoms with Crippen LogP contribution in [-0.4, -0.2) is 27.8 Å². The summed E-state index contributed by atoms with van der Waals surface area (Å²) >= 11 is 0. The Labute approximate surface area is 132 Å². The Morgan fingerprint density at radius 3 is 2.65 bits per heavy atom. The number of hydrogen-bond acceptors (Lipinski definition) is 4. The van der Waals surface area contributed by atoms with Crippen LogP contribution in [0.3, 0.4) is 0 Å². The predicted molar refractivity (Wildman–Crippen MR) is 87.6 cm³/mol. The van der Waals surface area contributed by atoms with Crippen molar-refractivity contribution in [3.05, 3.63) is 51.6 Å². The largest absolute Gasteiger partial charge is 0.464 e. The average Bonchev–Trinajstić information content (AvgIpc) is 3.02. The summed E-state index contributed by atoms with van der Waals surface area (Å²) in [5.41, 5.74) is 4.01. The van der Waals surface area contributed by atoms with E-state index < -0.39 is 5.97 Å². The van der Waals surface area contributed by atoms with Crippen LogP contribution in [0.25, 0.3) is 22.0 Å². The summed E-state index contributed by atoms with van der Waals surface area (Å²) in [4.78, 5) is 24.7. The van der Waals surface area contributed by atoms with Crippen molar-refractivity contribution in [1.29, 1.82) is 0 Å². The Balaban J connectivity index is 2.48. The van der Waals surface area contributed by atoms with E-state index in [2.05, 4.69) is 10.2 Å². The number of methoxy groups -OCH3 is 1. The lowest BCUT2D eigenvalue weighted by molar-refractivity contribution is 0.0589. The van der Waals surface area contributed by atoms with E-state index in [0.29, 0.717) is 16.5 Å². The molecule has 6 heteroatoms. The lowest BCUT2D eigenvalue weighted by Gasteiger charge is -2.14. The quantitative estimate of drug-likeness (QED) is 0.737. The Kier molecular flexibility index (Phi) is 3.52. The van der Waals surface area contributed by atoms with E-state index in [1.165, 1.54) is 11.7 Å². The van der Waals surface area contributed by atoms with Gasteiger partial charge >= 0.3 is 5.97 Å². The number of aryl methyl sites for hydroxylation is 2. The van der Waals surface area contributed by atoms with E-state index in [1.807, 2.05) is 32.0 Å². The van der Waals surface area contributed by atoms with Crippen LogP contribution in [0.1, 0.15) is 21.6 Å². The summed E-state index contributed by atoms with van der Waals surface area (Å²) in [6.45, 7) is 4.03. The van der Waals surface area contributed by atoms with Crippen molar-refractivity contribution in [3.63, 3.8) is 0 Å². The molecule has 0 atom stereocenters. The first-order valence-corrected chi connectivity index (χ1v) is 7.17. The number of carbonyl (C=O) groups is 1. The molecule has 0 saturated heterocycles. The molecule has 6 nitrogen and oxygen atoms in total. The highest BCUT2D eigenvalue weighted by atomic mass is 16.5. The molecular weight excluding hydrogens is 294 g/mol. The number of esters is 1. The second-order valence-corrected chi connectivity index (χ2v) is 5.54. The molecule has 0 aliphatic carbocycles. The van der Waals surface area contributed by atoms with E-state index >= 15 is 0 Å². The summed E-state index contributed by atoms with van der Waals surface area (Å²) in [6, 6.07) is 5.91. The maximum atomic E-state index is 12.4. The number of pyridine rings is 1. The van der Waals surface area contributed by atoms with Gasteiger partial charge in [-0.1, -0.05) is 18.2 Å². The third-order valence-corrected chi connectivity index (χ3v) is 4.17. The highest BCUT2D eigenvalue weighted by Crippen LogP contribution is 2.31. The topological polar surface area (TPSA) is 77.0 Å². The summed E-state index contributed by atoms with van der Waals surface area (Å²) in [7, 11) is 2.86. The third-order valence-electron chi connectivity index (χ3n) is 4.17. The van der Waals surface area contributed by atoms with E-state index in [-0.39, 0.29) is 11.3 Å². The minimum atomic E-state index is -0.555. The van der Waals surface area contributed by atoms with Crippen molar-refractivity contribution in [2.45, 2.75) is 13.8 Å². The molecule has 0 spiro atoms. The maximum absolute atomic E-state index is 12.4. The van der Waals surface area contributed by atoms with Gasteiger partial charge in [0.05, 0.1) is 13.3 Å². The van der Waals surface area contributed by atoms with Crippen LogP contribution in [0.2, 0.25) is 0 Å². The first kappa shape index (κ1) is 15.0. The summed E-state index contributed by atoms with van der Waals surface area (Å²) in [5.74, 6) is -0.555. The zero-order valence-electron chi connectivity index (χ0n) is 13.4. The van der Waals surface area contributed by atoms with Crippen molar-refractivity contribution >= 4 is 16.9 Å². The number of ether oxygens (including phenoxy) is 1. The molecule has 0 saturated carbocycles. The normalized spacial score (nSPS) is 11.0. The van der Waals surface area contributed by atoms with E-state index in [1.54, 1.807) is 13.2 Å². The lowest BCUT2D eigenvalue weighted by atomic mass is 9.96. The number of fused-ring (bicyclic) bond motifs is 1. The number of H-pyrrole nitrogens is 1. The Hall–Kier alpha value is -2.89. The van der Waals surface area contributed by atoms with Crippen molar-refractivity contribution in [2.75, 3.05) is 7.11 Å². The fourth-order valence-corrected chi connectivity index (χ4v) is 2.73. The van der Waals surface area contributed by atoms with Crippen LogP contribution in [0.15, 0.2) is 29.2 Å². The van der Waals surface area contributed by atoms with Gasteiger partial charge in [-0.2, -0.15) is 5.10 Å². The first-order valence-electron chi connectivity index (χ1n) is 7.17.